The molecule has 0 saturated heterocycles. The third-order valence-corrected chi connectivity index (χ3v) is 11.6. The minimum atomic E-state index is 0.0130. The standard InChI is InChI=1S/C26H37N3O.C25H35N3O2/c1-6-9-15-29-24-17-21(28(8-3)14-7-2)11-12-23(24)27-25(29)13-10-20-16-22(30)19-26(4,5)18-20;1-5-7-12-28-23-16-20(27(6-2)13-14-29)9-10-22(23)26-24(28)11-8-19-15-21(30)18-25(3,4)17-19/h10-13,16-17H,6-9,14-15,18-19H2,1-5H3;8-11,15-16,29H,5-7,12-14,17-18H2,1-4H3/b13-10+;11-8+. The van der Waals surface area contributed by atoms with Crippen molar-refractivity contribution in [3.8, 4) is 0 Å². The summed E-state index contributed by atoms with van der Waals surface area (Å²) in [7, 11) is 0. The van der Waals surface area contributed by atoms with Gasteiger partial charge in [-0.3, -0.25) is 9.59 Å². The molecular formula is C51H72N6O3. The molecule has 2 heterocycles. The van der Waals surface area contributed by atoms with Crippen LogP contribution >= 0.6 is 0 Å². The zero-order valence-corrected chi connectivity index (χ0v) is 38.2. The molecular weight excluding hydrogens is 745 g/mol. The van der Waals surface area contributed by atoms with Crippen LogP contribution < -0.4 is 9.80 Å². The summed E-state index contributed by atoms with van der Waals surface area (Å²) in [6, 6.07) is 13.0. The molecule has 0 bridgehead atoms. The Bertz CT molecular complexity index is 2060. The number of benzene rings is 2. The van der Waals surface area contributed by atoms with E-state index >= 15 is 0 Å². The van der Waals surface area contributed by atoms with Crippen LogP contribution in [0.4, 0.5) is 11.4 Å². The number of ketones is 2. The van der Waals surface area contributed by atoms with Crippen LogP contribution in [-0.4, -0.2) is 68.6 Å². The Morgan fingerprint density at radius 2 is 1.05 bits per heavy atom. The average molecular weight is 817 g/mol. The molecule has 9 heteroatoms. The first-order chi connectivity index (χ1) is 28.7. The number of aliphatic hydroxyl groups excluding tert-OH is 1. The average Bonchev–Trinajstić information content (AvgIpc) is 3.73. The van der Waals surface area contributed by atoms with Crippen LogP contribution in [0.1, 0.15) is 132 Å². The number of allylic oxidation sites excluding steroid dienone is 6. The first kappa shape index (κ1) is 46.3. The highest BCUT2D eigenvalue weighted by Crippen LogP contribution is 2.36. The van der Waals surface area contributed by atoms with Crippen LogP contribution in [0.3, 0.4) is 0 Å². The lowest BCUT2D eigenvalue weighted by Crippen LogP contribution is -2.26. The Balaban J connectivity index is 0.000000228. The summed E-state index contributed by atoms with van der Waals surface area (Å²) >= 11 is 0. The van der Waals surface area contributed by atoms with Crippen molar-refractivity contribution in [3.63, 3.8) is 0 Å². The van der Waals surface area contributed by atoms with Crippen LogP contribution in [-0.2, 0) is 22.7 Å². The molecule has 60 heavy (non-hydrogen) atoms. The van der Waals surface area contributed by atoms with Gasteiger partial charge >= 0.3 is 0 Å². The smallest absolute Gasteiger partial charge is 0.156 e. The fraction of sp³-hybridized carbons (Fsp3) is 0.529. The van der Waals surface area contributed by atoms with Crippen LogP contribution in [0.15, 0.2) is 71.8 Å². The maximum atomic E-state index is 12.1. The Hall–Kier alpha value is -4.76. The molecule has 0 unspecified atom stereocenters. The molecule has 1 N–H and O–H groups in total. The second-order valence-corrected chi connectivity index (χ2v) is 18.3. The van der Waals surface area contributed by atoms with Crippen LogP contribution in [0.2, 0.25) is 0 Å². The van der Waals surface area contributed by atoms with Gasteiger partial charge in [0.2, 0.25) is 0 Å². The number of aromatic nitrogens is 4. The summed E-state index contributed by atoms with van der Waals surface area (Å²) in [6.45, 7) is 25.1. The van der Waals surface area contributed by atoms with E-state index in [1.807, 2.05) is 6.08 Å². The number of imidazole rings is 2. The van der Waals surface area contributed by atoms with Gasteiger partial charge < -0.3 is 24.0 Å². The van der Waals surface area contributed by atoms with E-state index in [1.165, 1.54) is 11.2 Å². The van der Waals surface area contributed by atoms with E-state index in [9.17, 15) is 14.7 Å². The molecule has 2 aliphatic rings. The summed E-state index contributed by atoms with van der Waals surface area (Å²) in [5.74, 6) is 2.34. The van der Waals surface area contributed by atoms with Gasteiger partial charge in [-0.15, -0.1) is 0 Å². The first-order valence-corrected chi connectivity index (χ1v) is 22.7. The second kappa shape index (κ2) is 21.2. The molecule has 6 rings (SSSR count). The Kier molecular flexibility index (Phi) is 16.3. The van der Waals surface area contributed by atoms with Crippen molar-refractivity contribution in [2.75, 3.05) is 42.6 Å². The van der Waals surface area contributed by atoms with E-state index in [1.54, 1.807) is 6.08 Å². The summed E-state index contributed by atoms with van der Waals surface area (Å²) in [5, 5.41) is 9.37. The molecule has 2 aromatic carbocycles. The van der Waals surface area contributed by atoms with E-state index in [0.29, 0.717) is 19.4 Å². The van der Waals surface area contributed by atoms with Gasteiger partial charge in [0.1, 0.15) is 11.6 Å². The number of aryl methyl sites for hydroxylation is 2. The molecule has 0 fully saturated rings. The summed E-state index contributed by atoms with van der Waals surface area (Å²) in [4.78, 5) is 38.6. The number of likely N-dealkylation sites (N-methyl/N-ethyl adjacent to an activating group) is 1. The lowest BCUT2D eigenvalue weighted by atomic mass is 9.77. The number of anilines is 2. The summed E-state index contributed by atoms with van der Waals surface area (Å²) < 4.78 is 4.62. The quantitative estimate of drug-likeness (QED) is 0.107. The summed E-state index contributed by atoms with van der Waals surface area (Å²) in [6.07, 6.45) is 20.6. The third-order valence-electron chi connectivity index (χ3n) is 11.6. The van der Waals surface area contributed by atoms with Crippen molar-refractivity contribution < 1.29 is 14.7 Å². The zero-order valence-electron chi connectivity index (χ0n) is 38.2. The third kappa shape index (κ3) is 12.2. The molecule has 324 valence electrons. The van der Waals surface area contributed by atoms with E-state index in [-0.39, 0.29) is 29.0 Å². The number of hydrogen-bond acceptors (Lipinski definition) is 7. The van der Waals surface area contributed by atoms with Gasteiger partial charge in [0.25, 0.3) is 0 Å². The minimum Gasteiger partial charge on any atom is -0.395 e. The van der Waals surface area contributed by atoms with Crippen molar-refractivity contribution >= 4 is 57.2 Å². The van der Waals surface area contributed by atoms with Crippen molar-refractivity contribution in [1.29, 1.82) is 0 Å². The molecule has 0 amide bonds. The molecule has 9 nitrogen and oxygen atoms in total. The fourth-order valence-corrected chi connectivity index (χ4v) is 8.71. The molecule has 0 saturated carbocycles. The lowest BCUT2D eigenvalue weighted by Gasteiger charge is -2.27. The van der Waals surface area contributed by atoms with Gasteiger partial charge in [0.05, 0.1) is 28.7 Å². The first-order valence-electron chi connectivity index (χ1n) is 22.7. The monoisotopic (exact) mass is 817 g/mol. The minimum absolute atomic E-state index is 0.0130. The van der Waals surface area contributed by atoms with Crippen LogP contribution in [0, 0.1) is 10.8 Å². The van der Waals surface area contributed by atoms with Crippen molar-refractivity contribution in [2.45, 2.75) is 133 Å². The largest absolute Gasteiger partial charge is 0.395 e. The highest BCUT2D eigenvalue weighted by Gasteiger charge is 2.27. The molecule has 0 atom stereocenters. The highest BCUT2D eigenvalue weighted by atomic mass is 16.3. The van der Waals surface area contributed by atoms with E-state index in [2.05, 4.69) is 142 Å². The van der Waals surface area contributed by atoms with Gasteiger partial charge in [-0.2, -0.15) is 0 Å². The molecule has 2 aliphatic carbocycles. The number of carbonyl (C=O) groups excluding carboxylic acids is 2. The zero-order chi connectivity index (χ0) is 43.5. The number of unbranched alkanes of at least 4 members (excludes halogenated alkanes) is 2. The lowest BCUT2D eigenvalue weighted by molar-refractivity contribution is -0.117. The molecule has 0 spiro atoms. The topological polar surface area (TPSA) is 96.5 Å². The fourth-order valence-electron chi connectivity index (χ4n) is 8.71. The number of aliphatic hydroxyl groups is 1. The predicted octanol–water partition coefficient (Wildman–Crippen LogP) is 11.4. The van der Waals surface area contributed by atoms with Gasteiger partial charge in [-0.1, -0.05) is 73.5 Å². The van der Waals surface area contributed by atoms with Gasteiger partial charge in [-0.05, 0) is 129 Å². The number of hydrogen-bond donors (Lipinski definition) is 1. The molecule has 4 aromatic rings. The Labute approximate surface area is 360 Å². The SMILES string of the molecule is CCCCn1c(/C=C/C2=CC(=O)CC(C)(C)C2)nc2ccc(N(CC)CCC)cc21.CCCCn1c(/C=C/C2=CC(=O)CC(C)(C)C2)nc2ccc(N(CC)CCO)cc21. The maximum absolute atomic E-state index is 12.1. The van der Waals surface area contributed by atoms with E-state index in [4.69, 9.17) is 9.97 Å². The van der Waals surface area contributed by atoms with Crippen molar-refractivity contribution in [3.05, 3.63) is 83.5 Å². The van der Waals surface area contributed by atoms with E-state index in [0.717, 1.165) is 123 Å². The normalized spacial score (nSPS) is 16.4. The Morgan fingerprint density at radius 1 is 0.617 bits per heavy atom. The van der Waals surface area contributed by atoms with Crippen LogP contribution in [0.5, 0.6) is 0 Å². The van der Waals surface area contributed by atoms with Crippen molar-refractivity contribution in [2.24, 2.45) is 10.8 Å². The Morgan fingerprint density at radius 3 is 1.42 bits per heavy atom. The molecule has 0 aliphatic heterocycles. The number of rotatable bonds is 18. The van der Waals surface area contributed by atoms with Crippen LogP contribution in [0.25, 0.3) is 34.2 Å². The molecule has 0 radical (unpaired) electrons. The molecule has 2 aromatic heterocycles. The van der Waals surface area contributed by atoms with E-state index < -0.39 is 0 Å². The van der Waals surface area contributed by atoms with Crippen molar-refractivity contribution in [1.82, 2.24) is 19.1 Å². The number of nitrogens with zero attached hydrogens (tertiary/aromatic N) is 6. The number of carbonyl (C=O) groups is 2. The van der Waals surface area contributed by atoms with Gasteiger partial charge in [-0.25, -0.2) is 9.97 Å². The number of fused-ring (bicyclic) bond motifs is 2. The maximum Gasteiger partial charge on any atom is 0.156 e. The second-order valence-electron chi connectivity index (χ2n) is 18.3. The highest BCUT2D eigenvalue weighted by molar-refractivity contribution is 5.93. The van der Waals surface area contributed by atoms with Gasteiger partial charge in [0, 0.05) is 63.5 Å². The predicted molar refractivity (Wildman–Crippen MR) is 253 cm³/mol. The van der Waals surface area contributed by atoms with Gasteiger partial charge in [0.15, 0.2) is 11.6 Å². The summed E-state index contributed by atoms with van der Waals surface area (Å²) in [5.41, 5.74) is 8.93.